The molecule has 1 spiro atoms. The third-order valence-electron chi connectivity index (χ3n) is 4.88. The van der Waals surface area contributed by atoms with Crippen LogP contribution in [0.4, 0.5) is 0 Å². The molecule has 2 unspecified atom stereocenters. The molecular formula is C15H30N2O. The molecule has 1 N–H and O–H groups in total. The highest BCUT2D eigenvalue weighted by atomic mass is 16.5. The summed E-state index contributed by atoms with van der Waals surface area (Å²) >= 11 is 0. The Bertz CT molecular complexity index is 251. The zero-order chi connectivity index (χ0) is 13.0. The second-order valence-corrected chi connectivity index (χ2v) is 6.25. The van der Waals surface area contributed by atoms with Crippen LogP contribution in [-0.2, 0) is 4.74 Å². The Morgan fingerprint density at radius 1 is 1.39 bits per heavy atom. The maximum Gasteiger partial charge on any atom is 0.0670 e. The number of ether oxygens (including phenoxy) is 1. The molecule has 106 valence electrons. The lowest BCUT2D eigenvalue weighted by molar-refractivity contribution is -0.00615. The fraction of sp³-hybridized carbons (Fsp3) is 1.00. The van der Waals surface area contributed by atoms with E-state index in [0.717, 1.165) is 6.54 Å². The second-order valence-electron chi connectivity index (χ2n) is 6.25. The molecule has 0 aromatic rings. The quantitative estimate of drug-likeness (QED) is 0.815. The molecule has 2 fully saturated rings. The van der Waals surface area contributed by atoms with Gasteiger partial charge in [-0.3, -0.25) is 4.90 Å². The van der Waals surface area contributed by atoms with Crippen molar-refractivity contribution in [3.63, 3.8) is 0 Å². The first-order valence-electron chi connectivity index (χ1n) is 7.71. The van der Waals surface area contributed by atoms with E-state index in [1.807, 2.05) is 7.11 Å². The van der Waals surface area contributed by atoms with Gasteiger partial charge in [-0.25, -0.2) is 0 Å². The number of piperazine rings is 1. The number of nitrogens with one attached hydrogen (secondary N) is 1. The van der Waals surface area contributed by atoms with Gasteiger partial charge in [0, 0.05) is 38.3 Å². The molecule has 0 aromatic carbocycles. The largest absolute Gasteiger partial charge is 0.380 e. The van der Waals surface area contributed by atoms with Crippen molar-refractivity contribution in [3.05, 3.63) is 0 Å². The lowest BCUT2D eigenvalue weighted by Crippen LogP contribution is -2.64. The summed E-state index contributed by atoms with van der Waals surface area (Å²) in [6.07, 6.45) is 8.47. The van der Waals surface area contributed by atoms with E-state index in [-0.39, 0.29) is 0 Å². The summed E-state index contributed by atoms with van der Waals surface area (Å²) in [5.74, 6) is 0. The van der Waals surface area contributed by atoms with Gasteiger partial charge in [-0.2, -0.15) is 0 Å². The Morgan fingerprint density at radius 2 is 2.11 bits per heavy atom. The average Bonchev–Trinajstić information content (AvgIpc) is 2.83. The van der Waals surface area contributed by atoms with E-state index in [9.17, 15) is 0 Å². The highest BCUT2D eigenvalue weighted by Gasteiger charge is 2.43. The second kappa shape index (κ2) is 6.36. The van der Waals surface area contributed by atoms with Gasteiger partial charge >= 0.3 is 0 Å². The molecule has 3 heteroatoms. The molecule has 2 atom stereocenters. The number of hydrogen-bond acceptors (Lipinski definition) is 3. The molecule has 18 heavy (non-hydrogen) atoms. The van der Waals surface area contributed by atoms with Gasteiger partial charge in [-0.05, 0) is 26.2 Å². The lowest BCUT2D eigenvalue weighted by atomic mass is 9.89. The van der Waals surface area contributed by atoms with E-state index < -0.39 is 0 Å². The van der Waals surface area contributed by atoms with Gasteiger partial charge in [0.05, 0.1) is 6.10 Å². The van der Waals surface area contributed by atoms with Crippen LogP contribution in [0.2, 0.25) is 0 Å². The molecule has 1 saturated carbocycles. The number of rotatable bonds is 5. The molecule has 1 aliphatic heterocycles. The Balaban J connectivity index is 2.01. The summed E-state index contributed by atoms with van der Waals surface area (Å²) in [4.78, 5) is 2.74. The van der Waals surface area contributed by atoms with Gasteiger partial charge in [0.15, 0.2) is 0 Å². The Kier molecular flexibility index (Phi) is 5.05. The van der Waals surface area contributed by atoms with E-state index in [0.29, 0.717) is 17.7 Å². The van der Waals surface area contributed by atoms with Gasteiger partial charge < -0.3 is 10.1 Å². The van der Waals surface area contributed by atoms with Crippen molar-refractivity contribution in [1.82, 2.24) is 10.2 Å². The molecule has 1 heterocycles. The van der Waals surface area contributed by atoms with Gasteiger partial charge in [0.1, 0.15) is 0 Å². The minimum absolute atomic E-state index is 0.350. The van der Waals surface area contributed by atoms with Crippen molar-refractivity contribution in [2.75, 3.05) is 26.7 Å². The van der Waals surface area contributed by atoms with Crippen molar-refractivity contribution in [1.29, 1.82) is 0 Å². The first kappa shape index (κ1) is 14.3. The smallest absolute Gasteiger partial charge is 0.0670 e. The Labute approximate surface area is 112 Å². The van der Waals surface area contributed by atoms with E-state index in [4.69, 9.17) is 4.74 Å². The number of methoxy groups -OCH3 is 1. The average molecular weight is 254 g/mol. The van der Waals surface area contributed by atoms with E-state index in [1.165, 1.54) is 51.6 Å². The van der Waals surface area contributed by atoms with E-state index in [2.05, 4.69) is 24.1 Å². The predicted octanol–water partition coefficient (Wildman–Crippen LogP) is 2.41. The van der Waals surface area contributed by atoms with Crippen LogP contribution in [-0.4, -0.2) is 49.3 Å². The third-order valence-corrected chi connectivity index (χ3v) is 4.88. The van der Waals surface area contributed by atoms with Crippen LogP contribution >= 0.6 is 0 Å². The van der Waals surface area contributed by atoms with E-state index >= 15 is 0 Å². The molecule has 0 amide bonds. The summed E-state index contributed by atoms with van der Waals surface area (Å²) in [6, 6.07) is 0.685. The van der Waals surface area contributed by atoms with Crippen LogP contribution in [0, 0.1) is 0 Å². The highest BCUT2D eigenvalue weighted by Crippen LogP contribution is 2.37. The molecule has 0 radical (unpaired) electrons. The molecule has 2 rings (SSSR count). The molecule has 2 aliphatic rings. The highest BCUT2D eigenvalue weighted by molar-refractivity contribution is 5.02. The summed E-state index contributed by atoms with van der Waals surface area (Å²) in [5, 5.41) is 3.79. The van der Waals surface area contributed by atoms with Gasteiger partial charge in [0.2, 0.25) is 0 Å². The van der Waals surface area contributed by atoms with Crippen LogP contribution in [0.5, 0.6) is 0 Å². The van der Waals surface area contributed by atoms with Crippen molar-refractivity contribution >= 4 is 0 Å². The zero-order valence-electron chi connectivity index (χ0n) is 12.4. The number of nitrogens with zero attached hydrogens (tertiary/aromatic N) is 1. The summed E-state index contributed by atoms with van der Waals surface area (Å²) in [5.41, 5.74) is 0.441. The predicted molar refractivity (Wildman–Crippen MR) is 75.9 cm³/mol. The first-order valence-corrected chi connectivity index (χ1v) is 7.71. The Hall–Kier alpha value is -0.120. The minimum Gasteiger partial charge on any atom is -0.380 e. The monoisotopic (exact) mass is 254 g/mol. The summed E-state index contributed by atoms with van der Waals surface area (Å²) < 4.78 is 5.49. The first-order chi connectivity index (χ1) is 8.70. The molecule has 3 nitrogen and oxygen atoms in total. The maximum atomic E-state index is 5.49. The summed E-state index contributed by atoms with van der Waals surface area (Å²) in [7, 11) is 1.83. The van der Waals surface area contributed by atoms with Crippen molar-refractivity contribution in [2.45, 2.75) is 70.1 Å². The van der Waals surface area contributed by atoms with Crippen LogP contribution in [0.15, 0.2) is 0 Å². The zero-order valence-corrected chi connectivity index (χ0v) is 12.4. The van der Waals surface area contributed by atoms with Gasteiger partial charge in [-0.1, -0.05) is 26.2 Å². The fourth-order valence-corrected chi connectivity index (χ4v) is 3.69. The van der Waals surface area contributed by atoms with Crippen molar-refractivity contribution < 1.29 is 4.74 Å². The fourth-order valence-electron chi connectivity index (χ4n) is 3.69. The minimum atomic E-state index is 0.350. The SMILES string of the molecule is CCCC1CN(CC(C)OC)C2(CCCC2)CN1. The van der Waals surface area contributed by atoms with Crippen LogP contribution in [0.3, 0.4) is 0 Å². The van der Waals surface area contributed by atoms with Gasteiger partial charge in [-0.15, -0.1) is 0 Å². The molecule has 1 aliphatic carbocycles. The van der Waals surface area contributed by atoms with Crippen LogP contribution < -0.4 is 5.32 Å². The van der Waals surface area contributed by atoms with Crippen LogP contribution in [0.1, 0.15) is 52.4 Å². The molecule has 0 bridgehead atoms. The third kappa shape index (κ3) is 3.06. The van der Waals surface area contributed by atoms with Crippen LogP contribution in [0.25, 0.3) is 0 Å². The van der Waals surface area contributed by atoms with Crippen molar-refractivity contribution in [2.24, 2.45) is 0 Å². The van der Waals surface area contributed by atoms with Crippen molar-refractivity contribution in [3.8, 4) is 0 Å². The summed E-state index contributed by atoms with van der Waals surface area (Å²) in [6.45, 7) is 7.97. The standard InChI is InChI=1S/C15H30N2O/c1-4-7-14-11-17(10-13(2)18-3)15(12-16-14)8-5-6-9-15/h13-14,16H,4-12H2,1-3H3. The van der Waals surface area contributed by atoms with Gasteiger partial charge in [0.25, 0.3) is 0 Å². The lowest BCUT2D eigenvalue weighted by Gasteiger charge is -2.49. The maximum absolute atomic E-state index is 5.49. The molecular weight excluding hydrogens is 224 g/mol. The molecule has 1 saturated heterocycles. The number of hydrogen-bond donors (Lipinski definition) is 1. The molecule has 0 aromatic heterocycles. The van der Waals surface area contributed by atoms with E-state index in [1.54, 1.807) is 0 Å². The normalized spacial score (nSPS) is 29.8. The topological polar surface area (TPSA) is 24.5 Å². The Morgan fingerprint density at radius 3 is 2.72 bits per heavy atom.